The molecule has 0 aliphatic carbocycles. The number of hydrogen-bond donors (Lipinski definition) is 0. The molecule has 5 heteroatoms. The summed E-state index contributed by atoms with van der Waals surface area (Å²) in [6, 6.07) is 0. The number of halogens is 1. The van der Waals surface area contributed by atoms with Gasteiger partial charge < -0.3 is 22.5 Å². The van der Waals surface area contributed by atoms with Gasteiger partial charge in [-0.2, -0.15) is 0 Å². The van der Waals surface area contributed by atoms with Crippen molar-refractivity contribution in [2.24, 2.45) is 0 Å². The smallest absolute Gasteiger partial charge is 1.00 e. The Bertz CT molecular complexity index is 6.85. The maximum Gasteiger partial charge on any atom is 1.00 e. The second kappa shape index (κ2) is 34.2. The molecule has 0 amide bonds. The van der Waals surface area contributed by atoms with Crippen LogP contribution in [0.4, 0.5) is 0 Å². The molecule has 0 heterocycles. The van der Waals surface area contributed by atoms with Gasteiger partial charge in [0.2, 0.25) is 0 Å². The van der Waals surface area contributed by atoms with E-state index in [2.05, 4.69) is 0 Å². The monoisotopic (exact) mass is 116 g/mol. The van der Waals surface area contributed by atoms with Crippen LogP contribution < -0.4 is 73.6 Å². The first-order valence-corrected chi connectivity index (χ1v) is 0. The van der Waals surface area contributed by atoms with Gasteiger partial charge in [0.05, 0.1) is 0 Å². The molecule has 0 radical (unpaired) electrons. The van der Waals surface area contributed by atoms with E-state index in [1.165, 1.54) is 0 Å². The Kier molecular flexibility index (Phi) is 386. The van der Waals surface area contributed by atoms with E-state index < -0.39 is 0 Å². The first-order chi connectivity index (χ1) is 0. The minimum atomic E-state index is 0. The van der Waals surface area contributed by atoms with Crippen LogP contribution in [0.15, 0.2) is 0 Å². The Morgan fingerprint density at radius 3 is 0.600 bits per heavy atom. The second-order valence-corrected chi connectivity index (χ2v) is 0. The summed E-state index contributed by atoms with van der Waals surface area (Å²) < 4.78 is 0. The molecule has 0 N–H and O–H groups in total. The van der Waals surface area contributed by atoms with E-state index >= 15 is 0 Å². The van der Waals surface area contributed by atoms with E-state index in [-0.39, 0.29) is 79.0 Å². The van der Waals surface area contributed by atoms with E-state index in [4.69, 9.17) is 0 Å². The predicted molar refractivity (Wildman–Crippen MR) is 0.686 cm³/mol. The van der Waals surface area contributed by atoms with Gasteiger partial charge >= 0.3 is 56.6 Å². The van der Waals surface area contributed by atoms with Crippen molar-refractivity contribution in [3.63, 3.8) is 0 Å². The fourth-order valence-corrected chi connectivity index (χ4v) is 0. The third-order valence-electron chi connectivity index (χ3n) is 0. The number of hydrogen-bond acceptors (Lipinski definition) is 0. The van der Waals surface area contributed by atoms with Crippen molar-refractivity contribution in [1.82, 2.24) is 0 Å². The van der Waals surface area contributed by atoms with E-state index in [0.717, 1.165) is 0 Å². The van der Waals surface area contributed by atoms with Crippen molar-refractivity contribution in [2.45, 2.75) is 0 Å². The third kappa shape index (κ3) is 22.4. The maximum absolute atomic E-state index is 0. The fourth-order valence-electron chi connectivity index (χ4n) is 0. The maximum atomic E-state index is 0. The zero-order valence-electron chi connectivity index (χ0n) is 3.79. The molecule has 5 heavy (non-hydrogen) atoms. The van der Waals surface area contributed by atoms with Crippen molar-refractivity contribution in [3.8, 4) is 0 Å². The van der Waals surface area contributed by atoms with Gasteiger partial charge in [0, 0.05) is 0 Å². The average molecular weight is 117 g/mol. The van der Waals surface area contributed by atoms with E-state index in [1.54, 1.807) is 0 Å². The molecule has 0 unspecified atom stereocenters. The number of rotatable bonds is 0. The van der Waals surface area contributed by atoms with Crippen LogP contribution in [0.25, 0.3) is 0 Å². The fraction of sp³-hybridized carbons (Fsp3) is 0. The van der Waals surface area contributed by atoms with Crippen molar-refractivity contribution in [1.29, 1.82) is 0 Å². The molecule has 0 aromatic carbocycles. The molecule has 0 fully saturated rings. The van der Waals surface area contributed by atoms with E-state index in [9.17, 15) is 0 Å². The summed E-state index contributed by atoms with van der Waals surface area (Å²) in [6.45, 7) is 0. The molecule has 0 bridgehead atoms. The Hall–Kier alpha value is 2.23. The molecule has 0 aliphatic rings. The molecule has 1 nitrogen and oxygen atoms in total. The van der Waals surface area contributed by atoms with E-state index in [0.29, 0.717) is 0 Å². The Morgan fingerprint density at radius 2 is 0.600 bits per heavy atom. The predicted octanol–water partition coefficient (Wildman–Crippen LogP) is -12.1. The third-order valence-corrected chi connectivity index (χ3v) is 0. The normalized spacial score (nSPS) is 0. The topological polar surface area (TPSA) is 28.5 Å². The molecule has 0 aromatic heterocycles. The summed E-state index contributed by atoms with van der Waals surface area (Å²) in [5.74, 6) is 0. The van der Waals surface area contributed by atoms with Crippen LogP contribution in [-0.2, 0) is 5.48 Å². The summed E-state index contributed by atoms with van der Waals surface area (Å²) in [7, 11) is 0. The Balaban J connectivity index is 0. The summed E-state index contributed by atoms with van der Waals surface area (Å²) in [5, 5.41) is 0. The average Bonchev–Trinajstić information content (AvgIpc) is 0. The molecule has 0 aromatic rings. The van der Waals surface area contributed by atoms with Gasteiger partial charge in [0.15, 0.2) is 0 Å². The molecular formula is BrLi3O. The van der Waals surface area contributed by atoms with Gasteiger partial charge in [-0.15, -0.1) is 0 Å². The molecule has 0 aliphatic heterocycles. The van der Waals surface area contributed by atoms with Gasteiger partial charge in [0.25, 0.3) is 0 Å². The molecular weight excluding hydrogens is 117 g/mol. The van der Waals surface area contributed by atoms with Gasteiger partial charge in [-0.1, -0.05) is 0 Å². The van der Waals surface area contributed by atoms with Gasteiger partial charge in [-0.05, 0) is 0 Å². The summed E-state index contributed by atoms with van der Waals surface area (Å²) >= 11 is 0. The molecule has 16 valence electrons. The quantitative estimate of drug-likeness (QED) is 0.282. The van der Waals surface area contributed by atoms with Crippen LogP contribution in [0.1, 0.15) is 0 Å². The van der Waals surface area contributed by atoms with Gasteiger partial charge in [0.1, 0.15) is 0 Å². The first kappa shape index (κ1) is 56.4. The zero-order valence-corrected chi connectivity index (χ0v) is 5.37. The van der Waals surface area contributed by atoms with Crippen LogP contribution in [0.2, 0.25) is 0 Å². The minimum Gasteiger partial charge on any atom is -2.00 e. The Labute approximate surface area is 78.3 Å². The standard InChI is InChI=1S/BrH.3Li.O/h1H;;;;/q;3*+1;-2/p-1. The summed E-state index contributed by atoms with van der Waals surface area (Å²) in [6.07, 6.45) is 0. The van der Waals surface area contributed by atoms with Crippen LogP contribution in [0, 0.1) is 0 Å². The SMILES string of the molecule is [Br-].[Li+].[Li+].[Li+].[O-2]. The largest absolute Gasteiger partial charge is 2.00 e. The van der Waals surface area contributed by atoms with Crippen LogP contribution in [-0.4, -0.2) is 0 Å². The minimum absolute atomic E-state index is 0. The van der Waals surface area contributed by atoms with Crippen molar-refractivity contribution >= 4 is 0 Å². The van der Waals surface area contributed by atoms with Crippen LogP contribution in [0.3, 0.4) is 0 Å². The van der Waals surface area contributed by atoms with Gasteiger partial charge in [-0.3, -0.25) is 0 Å². The molecule has 0 rings (SSSR count). The van der Waals surface area contributed by atoms with Crippen molar-refractivity contribution in [3.05, 3.63) is 0 Å². The second-order valence-electron chi connectivity index (χ2n) is 0. The molecule has 0 atom stereocenters. The molecule has 0 saturated carbocycles. The molecule has 0 saturated heterocycles. The molecule has 0 spiro atoms. The van der Waals surface area contributed by atoms with Crippen LogP contribution >= 0.6 is 0 Å². The Morgan fingerprint density at radius 1 is 0.600 bits per heavy atom. The first-order valence-electron chi connectivity index (χ1n) is 0. The zero-order chi connectivity index (χ0) is 0. The summed E-state index contributed by atoms with van der Waals surface area (Å²) in [4.78, 5) is 0. The van der Waals surface area contributed by atoms with Crippen molar-refractivity contribution in [2.75, 3.05) is 0 Å². The van der Waals surface area contributed by atoms with Crippen LogP contribution in [0.5, 0.6) is 0 Å². The summed E-state index contributed by atoms with van der Waals surface area (Å²) in [5.41, 5.74) is 0. The van der Waals surface area contributed by atoms with E-state index in [1.807, 2.05) is 0 Å². The van der Waals surface area contributed by atoms with Crippen molar-refractivity contribution < 1.29 is 79.0 Å². The van der Waals surface area contributed by atoms with Gasteiger partial charge in [-0.25, -0.2) is 0 Å².